The molecule has 1 heterocycles. The second kappa shape index (κ2) is 3.01. The predicted octanol–water partition coefficient (Wildman–Crippen LogP) is 1.89. The monoisotopic (exact) mass is 167 g/mol. The zero-order valence-electron chi connectivity index (χ0n) is 6.49. The fraction of sp³-hybridized carbons (Fsp3) is 1.00. The minimum atomic E-state index is -3.98. The van der Waals surface area contributed by atoms with Crippen molar-refractivity contribution in [3.8, 4) is 0 Å². The van der Waals surface area contributed by atoms with Crippen LogP contribution in [0.2, 0.25) is 0 Å². The molecule has 0 aromatic rings. The molecule has 1 atom stereocenters. The highest BCUT2D eigenvalue weighted by atomic mass is 19.4. The van der Waals surface area contributed by atoms with E-state index in [9.17, 15) is 13.2 Å². The van der Waals surface area contributed by atoms with Crippen LogP contribution in [-0.2, 0) is 0 Å². The van der Waals surface area contributed by atoms with Crippen molar-refractivity contribution in [2.45, 2.75) is 19.0 Å². The summed E-state index contributed by atoms with van der Waals surface area (Å²) in [5.74, 6) is -0.167. The molecule has 0 aliphatic carbocycles. The molecule has 0 amide bonds. The first-order chi connectivity index (χ1) is 4.97. The molecule has 1 aliphatic heterocycles. The summed E-state index contributed by atoms with van der Waals surface area (Å²) >= 11 is 0. The Morgan fingerprint density at radius 1 is 1.45 bits per heavy atom. The van der Waals surface area contributed by atoms with Gasteiger partial charge in [0.1, 0.15) is 0 Å². The Morgan fingerprint density at radius 3 is 2.45 bits per heavy atom. The second-order valence-electron chi connectivity index (χ2n) is 3.24. The van der Waals surface area contributed by atoms with Crippen molar-refractivity contribution < 1.29 is 13.2 Å². The fourth-order valence-electron chi connectivity index (χ4n) is 1.52. The molecule has 1 unspecified atom stereocenters. The van der Waals surface area contributed by atoms with Crippen molar-refractivity contribution in [2.75, 3.05) is 20.1 Å². The summed E-state index contributed by atoms with van der Waals surface area (Å²) < 4.78 is 35.4. The van der Waals surface area contributed by atoms with Crippen LogP contribution in [0.4, 0.5) is 13.2 Å². The highest BCUT2D eigenvalue weighted by Gasteiger charge is 2.34. The molecule has 0 N–H and O–H groups in total. The number of alkyl halides is 3. The Hall–Kier alpha value is -0.250. The molecule has 0 aromatic heterocycles. The molecule has 0 spiro atoms. The molecule has 66 valence electrons. The minimum Gasteiger partial charge on any atom is -0.306 e. The van der Waals surface area contributed by atoms with Gasteiger partial charge in [-0.3, -0.25) is 0 Å². The van der Waals surface area contributed by atoms with Crippen LogP contribution in [0, 0.1) is 5.92 Å². The maximum absolute atomic E-state index is 11.8. The first-order valence-corrected chi connectivity index (χ1v) is 3.72. The summed E-state index contributed by atoms with van der Waals surface area (Å²) in [6.45, 7) is 1.40. The lowest BCUT2D eigenvalue weighted by atomic mass is 10.1. The number of hydrogen-bond acceptors (Lipinski definition) is 1. The summed E-state index contributed by atoms with van der Waals surface area (Å²) in [4.78, 5) is 1.94. The Balaban J connectivity index is 2.29. The highest BCUT2D eigenvalue weighted by molar-refractivity contribution is 4.74. The number of likely N-dealkylation sites (tertiary alicyclic amines) is 1. The van der Waals surface area contributed by atoms with Crippen molar-refractivity contribution in [2.24, 2.45) is 5.92 Å². The van der Waals surface area contributed by atoms with E-state index in [0.29, 0.717) is 13.0 Å². The highest BCUT2D eigenvalue weighted by Crippen LogP contribution is 2.29. The lowest BCUT2D eigenvalue weighted by molar-refractivity contribution is -0.143. The molecular weight excluding hydrogens is 155 g/mol. The van der Waals surface area contributed by atoms with Crippen LogP contribution in [0.3, 0.4) is 0 Å². The first-order valence-electron chi connectivity index (χ1n) is 3.72. The first kappa shape index (κ1) is 8.84. The normalized spacial score (nSPS) is 27.8. The van der Waals surface area contributed by atoms with Crippen LogP contribution in [0.15, 0.2) is 0 Å². The number of nitrogens with zero attached hydrogens (tertiary/aromatic N) is 1. The predicted molar refractivity (Wildman–Crippen MR) is 36.3 cm³/mol. The quantitative estimate of drug-likeness (QED) is 0.576. The van der Waals surface area contributed by atoms with E-state index in [-0.39, 0.29) is 5.92 Å². The van der Waals surface area contributed by atoms with Gasteiger partial charge in [0, 0.05) is 13.0 Å². The number of hydrogen-bond donors (Lipinski definition) is 0. The van der Waals surface area contributed by atoms with Gasteiger partial charge < -0.3 is 4.90 Å². The zero-order chi connectivity index (χ0) is 8.48. The van der Waals surface area contributed by atoms with Gasteiger partial charge in [0.2, 0.25) is 0 Å². The largest absolute Gasteiger partial charge is 0.389 e. The Morgan fingerprint density at radius 2 is 2.09 bits per heavy atom. The molecule has 0 bridgehead atoms. The van der Waals surface area contributed by atoms with E-state index in [1.807, 2.05) is 11.9 Å². The maximum Gasteiger partial charge on any atom is 0.389 e. The van der Waals surface area contributed by atoms with Crippen LogP contribution in [0.25, 0.3) is 0 Å². The molecular formula is C7H12F3N. The third-order valence-electron chi connectivity index (χ3n) is 2.01. The van der Waals surface area contributed by atoms with Crippen LogP contribution in [0.1, 0.15) is 12.8 Å². The lowest BCUT2D eigenvalue weighted by Gasteiger charge is -2.12. The maximum atomic E-state index is 11.8. The van der Waals surface area contributed by atoms with Gasteiger partial charge >= 0.3 is 6.18 Å². The zero-order valence-corrected chi connectivity index (χ0v) is 6.49. The second-order valence-corrected chi connectivity index (χ2v) is 3.24. The van der Waals surface area contributed by atoms with Gasteiger partial charge in [-0.2, -0.15) is 13.2 Å². The van der Waals surface area contributed by atoms with Crippen molar-refractivity contribution in [3.63, 3.8) is 0 Å². The minimum absolute atomic E-state index is 0.167. The van der Waals surface area contributed by atoms with E-state index in [1.54, 1.807) is 0 Å². The van der Waals surface area contributed by atoms with E-state index < -0.39 is 12.6 Å². The van der Waals surface area contributed by atoms with Gasteiger partial charge in [0.15, 0.2) is 0 Å². The van der Waals surface area contributed by atoms with Crippen LogP contribution >= 0.6 is 0 Å². The van der Waals surface area contributed by atoms with Gasteiger partial charge in [-0.15, -0.1) is 0 Å². The Labute approximate surface area is 64.2 Å². The van der Waals surface area contributed by atoms with E-state index >= 15 is 0 Å². The van der Waals surface area contributed by atoms with Gasteiger partial charge in [0.05, 0.1) is 0 Å². The van der Waals surface area contributed by atoms with Crippen molar-refractivity contribution in [1.29, 1.82) is 0 Å². The van der Waals surface area contributed by atoms with Gasteiger partial charge in [-0.05, 0) is 25.9 Å². The third kappa shape index (κ3) is 3.10. The van der Waals surface area contributed by atoms with Crippen LogP contribution in [-0.4, -0.2) is 31.2 Å². The van der Waals surface area contributed by atoms with E-state index in [0.717, 1.165) is 6.54 Å². The summed E-state index contributed by atoms with van der Waals surface area (Å²) in [6, 6.07) is 0. The van der Waals surface area contributed by atoms with Crippen molar-refractivity contribution >= 4 is 0 Å². The van der Waals surface area contributed by atoms with E-state index in [4.69, 9.17) is 0 Å². The van der Waals surface area contributed by atoms with Crippen LogP contribution in [0.5, 0.6) is 0 Å². The smallest absolute Gasteiger partial charge is 0.306 e. The summed E-state index contributed by atoms with van der Waals surface area (Å²) in [5, 5.41) is 0. The fourth-order valence-corrected chi connectivity index (χ4v) is 1.52. The van der Waals surface area contributed by atoms with Gasteiger partial charge in [-0.1, -0.05) is 0 Å². The standard InChI is InChI=1S/C7H12F3N/c1-11-3-2-6(5-11)4-7(8,9)10/h6H,2-5H2,1H3. The Bertz CT molecular complexity index is 132. The summed E-state index contributed by atoms with van der Waals surface area (Å²) in [5.41, 5.74) is 0. The van der Waals surface area contributed by atoms with Crippen molar-refractivity contribution in [3.05, 3.63) is 0 Å². The summed E-state index contributed by atoms with van der Waals surface area (Å²) in [6.07, 6.45) is -3.90. The van der Waals surface area contributed by atoms with E-state index in [2.05, 4.69) is 0 Å². The molecule has 1 fully saturated rings. The van der Waals surface area contributed by atoms with Gasteiger partial charge in [-0.25, -0.2) is 0 Å². The number of rotatable bonds is 1. The van der Waals surface area contributed by atoms with Crippen LogP contribution < -0.4 is 0 Å². The Kier molecular flexibility index (Phi) is 2.42. The third-order valence-corrected chi connectivity index (χ3v) is 2.01. The van der Waals surface area contributed by atoms with E-state index in [1.165, 1.54) is 0 Å². The molecule has 0 aromatic carbocycles. The average Bonchev–Trinajstić information content (AvgIpc) is 2.10. The molecule has 1 nitrogen and oxygen atoms in total. The molecule has 1 saturated heterocycles. The molecule has 0 radical (unpaired) electrons. The number of halogens is 3. The molecule has 1 aliphatic rings. The lowest BCUT2D eigenvalue weighted by Crippen LogP contribution is -2.18. The van der Waals surface area contributed by atoms with Crippen molar-refractivity contribution in [1.82, 2.24) is 4.90 Å². The molecule has 4 heteroatoms. The molecule has 11 heavy (non-hydrogen) atoms. The van der Waals surface area contributed by atoms with Gasteiger partial charge in [0.25, 0.3) is 0 Å². The summed E-state index contributed by atoms with van der Waals surface area (Å²) in [7, 11) is 1.86. The molecule has 0 saturated carbocycles. The average molecular weight is 167 g/mol. The topological polar surface area (TPSA) is 3.24 Å². The SMILES string of the molecule is CN1CCC(CC(F)(F)F)C1. The molecule has 1 rings (SSSR count).